The van der Waals surface area contributed by atoms with E-state index in [0.717, 1.165) is 16.5 Å². The smallest absolute Gasteiger partial charge is 0.248 e. The van der Waals surface area contributed by atoms with E-state index in [0.29, 0.717) is 5.56 Å². The lowest BCUT2D eigenvalue weighted by atomic mass is 10.1. The van der Waals surface area contributed by atoms with Gasteiger partial charge in [-0.25, -0.2) is 8.42 Å². The minimum Gasteiger partial charge on any atom is -0.394 e. The van der Waals surface area contributed by atoms with Gasteiger partial charge in [0.1, 0.15) is 0 Å². The number of aliphatic hydroxyl groups excluding tert-OH is 1. The van der Waals surface area contributed by atoms with Crippen molar-refractivity contribution in [2.24, 2.45) is 5.73 Å². The van der Waals surface area contributed by atoms with Crippen LogP contribution in [0.2, 0.25) is 0 Å². The quantitative estimate of drug-likeness (QED) is 0.692. The van der Waals surface area contributed by atoms with Gasteiger partial charge in [0.15, 0.2) is 9.84 Å². The molecule has 0 unspecified atom stereocenters. The molecule has 0 radical (unpaired) electrons. The van der Waals surface area contributed by atoms with Gasteiger partial charge in [-0.15, -0.1) is 0 Å². The highest BCUT2D eigenvalue weighted by Crippen LogP contribution is 2.26. The fourth-order valence-electron chi connectivity index (χ4n) is 3.01. The van der Waals surface area contributed by atoms with Crippen LogP contribution in [-0.2, 0) is 9.84 Å². The Morgan fingerprint density at radius 3 is 2.42 bits per heavy atom. The fourth-order valence-corrected chi connectivity index (χ4v) is 3.89. The lowest BCUT2D eigenvalue weighted by Crippen LogP contribution is -2.14. The molecule has 0 spiro atoms. The van der Waals surface area contributed by atoms with E-state index in [2.05, 4.69) is 0 Å². The van der Waals surface area contributed by atoms with E-state index < -0.39 is 15.7 Å². The highest BCUT2D eigenvalue weighted by atomic mass is 32.2. The Kier molecular flexibility index (Phi) is 4.84. The number of sulfone groups is 1. The van der Waals surface area contributed by atoms with Gasteiger partial charge >= 0.3 is 0 Å². The van der Waals surface area contributed by atoms with Crippen LogP contribution in [0.1, 0.15) is 28.9 Å². The van der Waals surface area contributed by atoms with Crippen LogP contribution >= 0.6 is 0 Å². The molecule has 0 saturated heterocycles. The van der Waals surface area contributed by atoms with Gasteiger partial charge in [-0.1, -0.05) is 19.1 Å². The second-order valence-corrected chi connectivity index (χ2v) is 8.31. The molecule has 3 aromatic rings. The minimum atomic E-state index is -3.26. The van der Waals surface area contributed by atoms with Crippen LogP contribution in [0.5, 0.6) is 0 Å². The van der Waals surface area contributed by atoms with Gasteiger partial charge in [-0.3, -0.25) is 4.79 Å². The summed E-state index contributed by atoms with van der Waals surface area (Å²) >= 11 is 0. The first-order chi connectivity index (χ1) is 12.4. The van der Waals surface area contributed by atoms with Crippen LogP contribution in [-0.4, -0.2) is 36.4 Å². The molecule has 3 N–H and O–H groups in total. The number of aromatic nitrogens is 1. The van der Waals surface area contributed by atoms with Crippen molar-refractivity contribution in [2.75, 3.05) is 12.4 Å². The molecule has 0 aliphatic carbocycles. The van der Waals surface area contributed by atoms with Crippen LogP contribution in [0, 0.1) is 0 Å². The number of aliphatic hydroxyl groups is 1. The molecule has 6 nitrogen and oxygen atoms in total. The maximum atomic E-state index is 11.9. The molecular weight excluding hydrogens is 352 g/mol. The zero-order valence-corrected chi connectivity index (χ0v) is 15.1. The number of carbonyl (C=O) groups is 1. The number of hydrogen-bond acceptors (Lipinski definition) is 4. The summed E-state index contributed by atoms with van der Waals surface area (Å²) in [5.74, 6) is -0.452. The summed E-state index contributed by atoms with van der Waals surface area (Å²) < 4.78 is 25.8. The van der Waals surface area contributed by atoms with Gasteiger partial charge in [0.2, 0.25) is 5.91 Å². The summed E-state index contributed by atoms with van der Waals surface area (Å²) in [5, 5.41) is 10.8. The number of rotatable bonds is 6. The van der Waals surface area contributed by atoms with Gasteiger partial charge < -0.3 is 15.4 Å². The molecular formula is C19H20N2O4S. The molecule has 0 saturated carbocycles. The Morgan fingerprint density at radius 1 is 1.15 bits per heavy atom. The van der Waals surface area contributed by atoms with Crippen LogP contribution in [0.25, 0.3) is 10.9 Å². The van der Waals surface area contributed by atoms with E-state index in [9.17, 15) is 18.3 Å². The monoisotopic (exact) mass is 372 g/mol. The lowest BCUT2D eigenvalue weighted by Gasteiger charge is -2.19. The zero-order valence-electron chi connectivity index (χ0n) is 14.3. The third-order valence-corrected chi connectivity index (χ3v) is 6.27. The number of benzene rings is 2. The van der Waals surface area contributed by atoms with Gasteiger partial charge in [-0.05, 0) is 42.0 Å². The molecule has 1 heterocycles. The lowest BCUT2D eigenvalue weighted by molar-refractivity contribution is 0.100. The number of fused-ring (bicyclic) bond motifs is 1. The average Bonchev–Trinajstić information content (AvgIpc) is 3.06. The molecule has 0 aliphatic heterocycles. The Hall–Kier alpha value is -2.64. The van der Waals surface area contributed by atoms with Crippen molar-refractivity contribution in [3.63, 3.8) is 0 Å². The van der Waals surface area contributed by atoms with Crippen molar-refractivity contribution in [1.82, 2.24) is 4.57 Å². The summed E-state index contributed by atoms with van der Waals surface area (Å²) in [6.07, 6.45) is 1.83. The summed E-state index contributed by atoms with van der Waals surface area (Å²) in [4.78, 5) is 11.6. The fraction of sp³-hybridized carbons (Fsp3) is 0.211. The van der Waals surface area contributed by atoms with Crippen LogP contribution in [0.4, 0.5) is 0 Å². The van der Waals surface area contributed by atoms with E-state index in [1.165, 1.54) is 0 Å². The van der Waals surface area contributed by atoms with E-state index in [-0.39, 0.29) is 23.3 Å². The predicted octanol–water partition coefficient (Wildman–Crippen LogP) is 2.12. The van der Waals surface area contributed by atoms with Crippen molar-refractivity contribution in [3.05, 3.63) is 65.9 Å². The topological polar surface area (TPSA) is 102 Å². The molecule has 3 rings (SSSR count). The first kappa shape index (κ1) is 18.2. The molecule has 1 aromatic heterocycles. The molecule has 1 atom stereocenters. The molecule has 1 amide bonds. The molecule has 2 aromatic carbocycles. The third-order valence-electron chi connectivity index (χ3n) is 4.52. The van der Waals surface area contributed by atoms with Gasteiger partial charge in [0.05, 0.1) is 23.3 Å². The van der Waals surface area contributed by atoms with E-state index >= 15 is 0 Å². The van der Waals surface area contributed by atoms with Crippen LogP contribution < -0.4 is 5.73 Å². The third kappa shape index (κ3) is 3.23. The molecule has 136 valence electrons. The van der Waals surface area contributed by atoms with Crippen molar-refractivity contribution in [1.29, 1.82) is 0 Å². The van der Waals surface area contributed by atoms with E-state index in [4.69, 9.17) is 5.73 Å². The van der Waals surface area contributed by atoms with E-state index in [1.807, 2.05) is 16.8 Å². The summed E-state index contributed by atoms with van der Waals surface area (Å²) in [7, 11) is -3.26. The van der Waals surface area contributed by atoms with Crippen molar-refractivity contribution < 1.29 is 18.3 Å². The summed E-state index contributed by atoms with van der Waals surface area (Å²) in [5.41, 5.74) is 7.37. The minimum absolute atomic E-state index is 0.0419. The highest BCUT2D eigenvalue weighted by Gasteiger charge is 2.17. The van der Waals surface area contributed by atoms with Crippen LogP contribution in [0.3, 0.4) is 0 Å². The number of hydrogen-bond donors (Lipinski definition) is 2. The largest absolute Gasteiger partial charge is 0.394 e. The Bertz CT molecular complexity index is 1050. The number of nitrogens with two attached hydrogens (primary N) is 1. The standard InChI is InChI=1S/C19H20N2O4S/c1-2-26(24,25)16-6-3-13(4-7-16)18(12-22)21-10-9-14-11-15(19(20)23)5-8-17(14)21/h3-11,18,22H,2,12H2,1H3,(H2,20,23)/t18-/m0/s1. The van der Waals surface area contributed by atoms with Crippen molar-refractivity contribution in [2.45, 2.75) is 17.9 Å². The molecule has 0 bridgehead atoms. The first-order valence-corrected chi connectivity index (χ1v) is 9.86. The molecule has 7 heteroatoms. The van der Waals surface area contributed by atoms with Gasteiger partial charge in [0, 0.05) is 22.7 Å². The average molecular weight is 372 g/mol. The van der Waals surface area contributed by atoms with Crippen LogP contribution in [0.15, 0.2) is 59.6 Å². The predicted molar refractivity (Wildman–Crippen MR) is 99.8 cm³/mol. The van der Waals surface area contributed by atoms with E-state index in [1.54, 1.807) is 49.4 Å². The second kappa shape index (κ2) is 6.93. The second-order valence-electron chi connectivity index (χ2n) is 6.03. The molecule has 26 heavy (non-hydrogen) atoms. The Balaban J connectivity index is 2.01. The zero-order chi connectivity index (χ0) is 18.9. The highest BCUT2D eigenvalue weighted by molar-refractivity contribution is 7.91. The Labute approximate surface area is 151 Å². The first-order valence-electron chi connectivity index (χ1n) is 8.21. The maximum absolute atomic E-state index is 11.9. The van der Waals surface area contributed by atoms with Gasteiger partial charge in [0.25, 0.3) is 0 Å². The van der Waals surface area contributed by atoms with Gasteiger partial charge in [-0.2, -0.15) is 0 Å². The number of amides is 1. The number of primary amides is 1. The maximum Gasteiger partial charge on any atom is 0.248 e. The SMILES string of the molecule is CCS(=O)(=O)c1ccc([C@H](CO)n2ccc3cc(C(N)=O)ccc32)cc1. The van der Waals surface area contributed by atoms with Crippen molar-refractivity contribution >= 4 is 26.6 Å². The summed E-state index contributed by atoms with van der Waals surface area (Å²) in [6.45, 7) is 1.45. The Morgan fingerprint density at radius 2 is 1.85 bits per heavy atom. The number of carbonyl (C=O) groups excluding carboxylic acids is 1. The summed E-state index contributed by atoms with van der Waals surface area (Å²) in [6, 6.07) is 13.2. The number of nitrogens with zero attached hydrogens (tertiary/aromatic N) is 1. The van der Waals surface area contributed by atoms with Crippen molar-refractivity contribution in [3.8, 4) is 0 Å². The molecule has 0 fully saturated rings. The normalized spacial score (nSPS) is 13.0. The molecule has 0 aliphatic rings.